The molecule has 2 rings (SSSR count). The van der Waals surface area contributed by atoms with Crippen LogP contribution in [0.5, 0.6) is 0 Å². The molecule has 0 unspecified atom stereocenters. The molecule has 2 aromatic rings. The van der Waals surface area contributed by atoms with E-state index in [0.29, 0.717) is 41.4 Å². The highest BCUT2D eigenvalue weighted by Gasteiger charge is 2.12. The quantitative estimate of drug-likeness (QED) is 0.733. The smallest absolute Gasteiger partial charge is 0.338 e. The third-order valence-electron chi connectivity index (χ3n) is 3.71. The first kappa shape index (κ1) is 20.2. The molecule has 0 bridgehead atoms. The number of amides is 2. The maximum Gasteiger partial charge on any atom is 0.338 e. The van der Waals surface area contributed by atoms with E-state index in [-0.39, 0.29) is 11.8 Å². The van der Waals surface area contributed by atoms with Crippen LogP contribution in [0.2, 0.25) is 0 Å². The summed E-state index contributed by atoms with van der Waals surface area (Å²) in [6.45, 7) is 6.64. The topological polar surface area (TPSA) is 84.5 Å². The van der Waals surface area contributed by atoms with Gasteiger partial charge < -0.3 is 15.4 Å². The number of ether oxygens (including phenoxy) is 1. The highest BCUT2D eigenvalue weighted by molar-refractivity contribution is 6.06. The number of benzene rings is 2. The lowest BCUT2D eigenvalue weighted by Crippen LogP contribution is -2.27. The lowest BCUT2D eigenvalue weighted by molar-refractivity contribution is 0.0526. The molecular weight excluding hydrogens is 344 g/mol. The van der Waals surface area contributed by atoms with Crippen LogP contribution < -0.4 is 10.6 Å². The Labute approximate surface area is 158 Å². The van der Waals surface area contributed by atoms with Crippen LogP contribution in [0.15, 0.2) is 48.5 Å². The van der Waals surface area contributed by atoms with Crippen LogP contribution in [-0.2, 0) is 4.74 Å². The van der Waals surface area contributed by atoms with Crippen molar-refractivity contribution in [2.75, 3.05) is 18.5 Å². The Morgan fingerprint density at radius 2 is 1.56 bits per heavy atom. The largest absolute Gasteiger partial charge is 0.462 e. The Morgan fingerprint density at radius 1 is 0.926 bits per heavy atom. The molecular formula is C21H24N2O4. The van der Waals surface area contributed by atoms with E-state index in [0.717, 1.165) is 0 Å². The van der Waals surface area contributed by atoms with Crippen LogP contribution in [0.1, 0.15) is 51.8 Å². The van der Waals surface area contributed by atoms with Crippen molar-refractivity contribution in [1.29, 1.82) is 0 Å². The van der Waals surface area contributed by atoms with Gasteiger partial charge in [0.15, 0.2) is 0 Å². The molecule has 0 saturated carbocycles. The number of nitrogens with one attached hydrogen (secondary N) is 2. The van der Waals surface area contributed by atoms with Crippen LogP contribution in [-0.4, -0.2) is 30.9 Å². The Kier molecular flexibility index (Phi) is 7.11. The van der Waals surface area contributed by atoms with Crippen LogP contribution in [0.25, 0.3) is 0 Å². The zero-order valence-corrected chi connectivity index (χ0v) is 15.7. The van der Waals surface area contributed by atoms with E-state index in [1.165, 1.54) is 0 Å². The summed E-state index contributed by atoms with van der Waals surface area (Å²) in [6, 6.07) is 13.0. The minimum Gasteiger partial charge on any atom is -0.462 e. The standard InChI is InChI=1S/C21H24N2O4/c1-4-27-21(26)15-8-10-18(11-9-15)23-20(25)17-7-5-6-16(12-17)19(24)22-13-14(2)3/h5-12,14H,4,13H2,1-3H3,(H,22,24)(H,23,25). The zero-order chi connectivity index (χ0) is 19.8. The predicted octanol–water partition coefficient (Wildman–Crippen LogP) is 3.50. The molecule has 6 heteroatoms. The summed E-state index contributed by atoms with van der Waals surface area (Å²) in [5.41, 5.74) is 1.77. The number of hydrogen-bond donors (Lipinski definition) is 2. The van der Waals surface area contributed by atoms with Crippen molar-refractivity contribution in [1.82, 2.24) is 5.32 Å². The molecule has 0 heterocycles. The predicted molar refractivity (Wildman–Crippen MR) is 104 cm³/mol. The Hall–Kier alpha value is -3.15. The van der Waals surface area contributed by atoms with E-state index in [1.54, 1.807) is 55.5 Å². The molecule has 0 radical (unpaired) electrons. The molecule has 0 spiro atoms. The summed E-state index contributed by atoms with van der Waals surface area (Å²) in [4.78, 5) is 36.2. The van der Waals surface area contributed by atoms with Gasteiger partial charge in [0.05, 0.1) is 12.2 Å². The number of hydrogen-bond acceptors (Lipinski definition) is 4. The van der Waals surface area contributed by atoms with E-state index < -0.39 is 5.97 Å². The maximum absolute atomic E-state index is 12.4. The van der Waals surface area contributed by atoms with Gasteiger partial charge in [0.2, 0.25) is 0 Å². The van der Waals surface area contributed by atoms with Gasteiger partial charge in [0.25, 0.3) is 11.8 Å². The van der Waals surface area contributed by atoms with E-state index in [4.69, 9.17) is 4.74 Å². The molecule has 27 heavy (non-hydrogen) atoms. The van der Waals surface area contributed by atoms with Crippen LogP contribution in [0.3, 0.4) is 0 Å². The molecule has 0 saturated heterocycles. The molecule has 0 aliphatic rings. The molecule has 0 aliphatic carbocycles. The van der Waals surface area contributed by atoms with Gasteiger partial charge in [0.1, 0.15) is 0 Å². The van der Waals surface area contributed by atoms with Crippen LogP contribution in [0, 0.1) is 5.92 Å². The number of carbonyl (C=O) groups excluding carboxylic acids is 3. The SMILES string of the molecule is CCOC(=O)c1ccc(NC(=O)c2cccc(C(=O)NCC(C)C)c2)cc1. The molecule has 6 nitrogen and oxygen atoms in total. The number of esters is 1. The van der Waals surface area contributed by atoms with Gasteiger partial charge in [-0.3, -0.25) is 9.59 Å². The van der Waals surface area contributed by atoms with Crippen molar-refractivity contribution in [2.24, 2.45) is 5.92 Å². The summed E-state index contributed by atoms with van der Waals surface area (Å²) < 4.78 is 4.92. The number of anilines is 1. The molecule has 2 aromatic carbocycles. The monoisotopic (exact) mass is 368 g/mol. The number of carbonyl (C=O) groups is 3. The average molecular weight is 368 g/mol. The Morgan fingerprint density at radius 3 is 2.15 bits per heavy atom. The highest BCUT2D eigenvalue weighted by Crippen LogP contribution is 2.13. The second-order valence-electron chi connectivity index (χ2n) is 6.44. The summed E-state index contributed by atoms with van der Waals surface area (Å²) >= 11 is 0. The fourth-order valence-corrected chi connectivity index (χ4v) is 2.31. The lowest BCUT2D eigenvalue weighted by Gasteiger charge is -2.09. The summed E-state index contributed by atoms with van der Waals surface area (Å²) in [6.07, 6.45) is 0. The Bertz CT molecular complexity index is 813. The van der Waals surface area contributed by atoms with Crippen LogP contribution >= 0.6 is 0 Å². The molecule has 0 aliphatic heterocycles. The third kappa shape index (κ3) is 5.95. The lowest BCUT2D eigenvalue weighted by atomic mass is 10.1. The van der Waals surface area contributed by atoms with Crippen molar-refractivity contribution < 1.29 is 19.1 Å². The summed E-state index contributed by atoms with van der Waals surface area (Å²) in [5, 5.41) is 5.58. The third-order valence-corrected chi connectivity index (χ3v) is 3.71. The van der Waals surface area contributed by atoms with E-state index >= 15 is 0 Å². The summed E-state index contributed by atoms with van der Waals surface area (Å²) in [7, 11) is 0. The van der Waals surface area contributed by atoms with Crippen molar-refractivity contribution >= 4 is 23.5 Å². The van der Waals surface area contributed by atoms with Gasteiger partial charge in [-0.15, -0.1) is 0 Å². The van der Waals surface area contributed by atoms with Gasteiger partial charge in [-0.05, 0) is 55.3 Å². The minimum absolute atomic E-state index is 0.211. The Balaban J connectivity index is 2.04. The van der Waals surface area contributed by atoms with Gasteiger partial charge in [-0.2, -0.15) is 0 Å². The molecule has 0 fully saturated rings. The number of rotatable bonds is 7. The highest BCUT2D eigenvalue weighted by atomic mass is 16.5. The molecule has 0 atom stereocenters. The molecule has 142 valence electrons. The first-order valence-corrected chi connectivity index (χ1v) is 8.87. The van der Waals surface area contributed by atoms with Gasteiger partial charge >= 0.3 is 5.97 Å². The van der Waals surface area contributed by atoms with Crippen molar-refractivity contribution in [3.05, 3.63) is 65.2 Å². The molecule has 0 aromatic heterocycles. The average Bonchev–Trinajstić information content (AvgIpc) is 2.67. The normalized spacial score (nSPS) is 10.4. The van der Waals surface area contributed by atoms with Gasteiger partial charge in [-0.1, -0.05) is 19.9 Å². The first-order valence-electron chi connectivity index (χ1n) is 8.87. The minimum atomic E-state index is -0.407. The van der Waals surface area contributed by atoms with E-state index in [1.807, 2.05) is 13.8 Å². The van der Waals surface area contributed by atoms with Crippen molar-refractivity contribution in [3.63, 3.8) is 0 Å². The van der Waals surface area contributed by atoms with Crippen molar-refractivity contribution in [2.45, 2.75) is 20.8 Å². The van der Waals surface area contributed by atoms with Gasteiger partial charge in [0, 0.05) is 23.4 Å². The van der Waals surface area contributed by atoms with E-state index in [9.17, 15) is 14.4 Å². The van der Waals surface area contributed by atoms with Crippen molar-refractivity contribution in [3.8, 4) is 0 Å². The summed E-state index contributed by atoms with van der Waals surface area (Å²) in [5.74, 6) is -0.608. The second-order valence-corrected chi connectivity index (χ2v) is 6.44. The maximum atomic E-state index is 12.4. The van der Waals surface area contributed by atoms with Crippen LogP contribution in [0.4, 0.5) is 5.69 Å². The fraction of sp³-hybridized carbons (Fsp3) is 0.286. The zero-order valence-electron chi connectivity index (χ0n) is 15.7. The molecule has 2 amide bonds. The van der Waals surface area contributed by atoms with Gasteiger partial charge in [-0.25, -0.2) is 4.79 Å². The second kappa shape index (κ2) is 9.52. The fourth-order valence-electron chi connectivity index (χ4n) is 2.31. The molecule has 2 N–H and O–H groups in total. The van der Waals surface area contributed by atoms with E-state index in [2.05, 4.69) is 10.6 Å². The first-order chi connectivity index (χ1) is 12.9.